The molecule has 1 aromatic carbocycles. The highest BCUT2D eigenvalue weighted by Crippen LogP contribution is 2.34. The maximum Gasteiger partial charge on any atom is 0.0469 e. The van der Waals surface area contributed by atoms with Gasteiger partial charge in [-0.1, -0.05) is 40.5 Å². The molecule has 0 bridgehead atoms. The molecule has 1 heterocycles. The normalized spacial score (nSPS) is 18.5. The molecular weight excluding hydrogens is 302 g/mol. The van der Waals surface area contributed by atoms with Crippen LogP contribution in [0.15, 0.2) is 22.7 Å². The highest BCUT2D eigenvalue weighted by Gasteiger charge is 2.26. The molecule has 3 heteroatoms. The Labute approximate surface area is 125 Å². The smallest absolute Gasteiger partial charge is 0.0469 e. The summed E-state index contributed by atoms with van der Waals surface area (Å²) in [6.45, 7) is 7.26. The van der Waals surface area contributed by atoms with Crippen molar-refractivity contribution in [1.82, 2.24) is 5.32 Å². The number of aryl methyl sites for hydroxylation is 1. The molecule has 0 saturated carbocycles. The molecule has 1 aliphatic heterocycles. The van der Waals surface area contributed by atoms with E-state index in [2.05, 4.69) is 53.3 Å². The van der Waals surface area contributed by atoms with Gasteiger partial charge >= 0.3 is 0 Å². The second-order valence-electron chi connectivity index (χ2n) is 5.41. The van der Waals surface area contributed by atoms with Gasteiger partial charge in [-0.15, -0.1) is 0 Å². The van der Waals surface area contributed by atoms with Gasteiger partial charge in [0.1, 0.15) is 0 Å². The van der Waals surface area contributed by atoms with Gasteiger partial charge in [-0.2, -0.15) is 0 Å². The Kier molecular flexibility index (Phi) is 5.86. The van der Waals surface area contributed by atoms with Crippen molar-refractivity contribution in [3.63, 3.8) is 0 Å². The summed E-state index contributed by atoms with van der Waals surface area (Å²) in [5, 5.41) is 3.74. The fraction of sp³-hybridized carbons (Fsp3) is 0.625. The maximum absolute atomic E-state index is 5.50. The molecular formula is C16H24BrNO. The van der Waals surface area contributed by atoms with Crippen molar-refractivity contribution < 1.29 is 4.74 Å². The van der Waals surface area contributed by atoms with Gasteiger partial charge in [0.2, 0.25) is 0 Å². The van der Waals surface area contributed by atoms with Gasteiger partial charge in [0, 0.05) is 23.7 Å². The van der Waals surface area contributed by atoms with Gasteiger partial charge in [-0.05, 0) is 50.3 Å². The third-order valence-corrected chi connectivity index (χ3v) is 4.56. The Morgan fingerprint density at radius 3 is 2.79 bits per heavy atom. The van der Waals surface area contributed by atoms with Crippen LogP contribution in [0.4, 0.5) is 0 Å². The van der Waals surface area contributed by atoms with Gasteiger partial charge in [-0.3, -0.25) is 0 Å². The average molecular weight is 326 g/mol. The van der Waals surface area contributed by atoms with E-state index in [0.29, 0.717) is 12.0 Å². The van der Waals surface area contributed by atoms with Crippen LogP contribution >= 0.6 is 15.9 Å². The molecule has 1 unspecified atom stereocenters. The van der Waals surface area contributed by atoms with E-state index in [1.165, 1.54) is 22.0 Å². The second-order valence-corrected chi connectivity index (χ2v) is 6.26. The lowest BCUT2D eigenvalue weighted by molar-refractivity contribution is 0.0535. The van der Waals surface area contributed by atoms with Crippen LogP contribution in [0.5, 0.6) is 0 Å². The van der Waals surface area contributed by atoms with E-state index in [0.717, 1.165) is 32.6 Å². The Morgan fingerprint density at radius 1 is 1.37 bits per heavy atom. The third kappa shape index (κ3) is 4.04. The van der Waals surface area contributed by atoms with Crippen LogP contribution in [-0.2, 0) is 4.74 Å². The monoisotopic (exact) mass is 325 g/mol. The number of rotatable bonds is 5. The molecule has 1 fully saturated rings. The van der Waals surface area contributed by atoms with Crippen LogP contribution in [0, 0.1) is 12.8 Å². The van der Waals surface area contributed by atoms with E-state index in [9.17, 15) is 0 Å². The number of ether oxygens (including phenoxy) is 1. The van der Waals surface area contributed by atoms with Crippen LogP contribution < -0.4 is 5.32 Å². The number of hydrogen-bond donors (Lipinski definition) is 1. The van der Waals surface area contributed by atoms with Crippen molar-refractivity contribution >= 4 is 15.9 Å². The number of benzene rings is 1. The summed E-state index contributed by atoms with van der Waals surface area (Å²) >= 11 is 3.72. The Hall–Kier alpha value is -0.380. The van der Waals surface area contributed by atoms with Crippen molar-refractivity contribution in [3.05, 3.63) is 33.8 Å². The van der Waals surface area contributed by atoms with Crippen molar-refractivity contribution in [2.24, 2.45) is 5.92 Å². The molecule has 2 nitrogen and oxygen atoms in total. The second kappa shape index (κ2) is 7.41. The molecule has 2 rings (SSSR count). The molecule has 1 aromatic rings. The molecule has 1 aliphatic rings. The van der Waals surface area contributed by atoms with E-state index in [1.807, 2.05) is 0 Å². The zero-order valence-electron chi connectivity index (χ0n) is 11.9. The zero-order valence-corrected chi connectivity index (χ0v) is 13.5. The van der Waals surface area contributed by atoms with Crippen molar-refractivity contribution in [2.45, 2.75) is 39.2 Å². The van der Waals surface area contributed by atoms with Crippen molar-refractivity contribution in [3.8, 4) is 0 Å². The summed E-state index contributed by atoms with van der Waals surface area (Å²) in [5.74, 6) is 0.679. The van der Waals surface area contributed by atoms with Crippen molar-refractivity contribution in [2.75, 3.05) is 19.8 Å². The van der Waals surface area contributed by atoms with Gasteiger partial charge < -0.3 is 10.1 Å². The lowest BCUT2D eigenvalue weighted by atomic mass is 9.86. The SMILES string of the molecule is CCCNC(c1cc(C)ccc1Br)C1CCOCC1. The van der Waals surface area contributed by atoms with E-state index in [1.54, 1.807) is 0 Å². The molecule has 0 aliphatic carbocycles. The molecule has 1 atom stereocenters. The summed E-state index contributed by atoms with van der Waals surface area (Å²) in [4.78, 5) is 0. The van der Waals surface area contributed by atoms with Gasteiger partial charge in [-0.25, -0.2) is 0 Å². The largest absolute Gasteiger partial charge is 0.381 e. The van der Waals surface area contributed by atoms with Crippen LogP contribution in [0.2, 0.25) is 0 Å². The topological polar surface area (TPSA) is 21.3 Å². The van der Waals surface area contributed by atoms with E-state index < -0.39 is 0 Å². The van der Waals surface area contributed by atoms with Gasteiger partial charge in [0.05, 0.1) is 0 Å². The highest BCUT2D eigenvalue weighted by molar-refractivity contribution is 9.10. The predicted octanol–water partition coefficient (Wildman–Crippen LogP) is 4.22. The first kappa shape index (κ1) is 15.0. The molecule has 0 amide bonds. The zero-order chi connectivity index (χ0) is 13.7. The highest BCUT2D eigenvalue weighted by atomic mass is 79.9. The summed E-state index contributed by atoms with van der Waals surface area (Å²) in [6.07, 6.45) is 3.48. The molecule has 0 aromatic heterocycles. The summed E-state index contributed by atoms with van der Waals surface area (Å²) in [5.41, 5.74) is 2.73. The van der Waals surface area contributed by atoms with Crippen LogP contribution in [0.1, 0.15) is 43.4 Å². The van der Waals surface area contributed by atoms with Gasteiger partial charge in [0.15, 0.2) is 0 Å². The molecule has 19 heavy (non-hydrogen) atoms. The fourth-order valence-corrected chi connectivity index (χ4v) is 3.27. The average Bonchev–Trinajstić information content (AvgIpc) is 2.44. The molecule has 0 spiro atoms. The molecule has 106 valence electrons. The lowest BCUT2D eigenvalue weighted by Gasteiger charge is -2.32. The lowest BCUT2D eigenvalue weighted by Crippen LogP contribution is -2.33. The molecule has 0 radical (unpaired) electrons. The first-order valence-corrected chi connectivity index (χ1v) is 8.09. The van der Waals surface area contributed by atoms with Crippen molar-refractivity contribution in [1.29, 1.82) is 0 Å². The first-order valence-electron chi connectivity index (χ1n) is 7.29. The van der Waals surface area contributed by atoms with Gasteiger partial charge in [0.25, 0.3) is 0 Å². The minimum absolute atomic E-state index is 0.443. The minimum Gasteiger partial charge on any atom is -0.381 e. The maximum atomic E-state index is 5.50. The Morgan fingerprint density at radius 2 is 2.11 bits per heavy atom. The van der Waals surface area contributed by atoms with Crippen LogP contribution in [-0.4, -0.2) is 19.8 Å². The quantitative estimate of drug-likeness (QED) is 0.874. The predicted molar refractivity (Wildman–Crippen MR) is 83.5 cm³/mol. The molecule has 1 N–H and O–H groups in total. The van der Waals surface area contributed by atoms with E-state index >= 15 is 0 Å². The summed E-state index contributed by atoms with van der Waals surface area (Å²) < 4.78 is 6.73. The third-order valence-electron chi connectivity index (χ3n) is 3.84. The summed E-state index contributed by atoms with van der Waals surface area (Å²) in [7, 11) is 0. The standard InChI is InChI=1S/C16H24BrNO/c1-3-8-18-16(13-6-9-19-10-7-13)14-11-12(2)4-5-15(14)17/h4-5,11,13,16,18H,3,6-10H2,1-2H3. The minimum atomic E-state index is 0.443. The van der Waals surface area contributed by atoms with Crippen LogP contribution in [0.3, 0.4) is 0 Å². The Bertz CT molecular complexity index is 402. The molecule has 1 saturated heterocycles. The van der Waals surface area contributed by atoms with E-state index in [4.69, 9.17) is 4.74 Å². The van der Waals surface area contributed by atoms with E-state index in [-0.39, 0.29) is 0 Å². The first-order chi connectivity index (χ1) is 9.22. The Balaban J connectivity index is 2.22. The number of hydrogen-bond acceptors (Lipinski definition) is 2. The number of halogens is 1. The van der Waals surface area contributed by atoms with Crippen LogP contribution in [0.25, 0.3) is 0 Å². The number of nitrogens with one attached hydrogen (secondary N) is 1. The summed E-state index contributed by atoms with van der Waals surface area (Å²) in [6, 6.07) is 7.09. The fourth-order valence-electron chi connectivity index (χ4n) is 2.78.